The molecule has 8 heteroatoms. The maximum Gasteiger partial charge on any atom is 0.324 e. The van der Waals surface area contributed by atoms with E-state index in [2.05, 4.69) is 0 Å². The van der Waals surface area contributed by atoms with Gasteiger partial charge in [0.15, 0.2) is 10.0 Å². The molecule has 17 heavy (non-hydrogen) atoms. The molecule has 0 unspecified atom stereocenters. The summed E-state index contributed by atoms with van der Waals surface area (Å²) in [5, 5.41) is 10.2. The molecule has 0 aliphatic heterocycles. The number of halogens is 1. The molecule has 0 atom stereocenters. The minimum atomic E-state index is -4.13. The van der Waals surface area contributed by atoms with Crippen LogP contribution in [0.15, 0.2) is 15.7 Å². The predicted octanol–water partition coefficient (Wildman–Crippen LogP) is 1.37. The average molecular weight is 281 g/mol. The Bertz CT molecular complexity index is 535. The van der Waals surface area contributed by atoms with Gasteiger partial charge >= 0.3 is 5.97 Å². The van der Waals surface area contributed by atoms with Crippen LogP contribution in [0.4, 0.5) is 4.39 Å². The van der Waals surface area contributed by atoms with Crippen molar-refractivity contribution in [3.05, 3.63) is 17.3 Å². The van der Waals surface area contributed by atoms with E-state index < -0.39 is 31.6 Å². The van der Waals surface area contributed by atoms with E-state index >= 15 is 0 Å². The van der Waals surface area contributed by atoms with Crippen LogP contribution < -0.4 is 0 Å². The van der Waals surface area contributed by atoms with Gasteiger partial charge in [-0.3, -0.25) is 4.79 Å². The van der Waals surface area contributed by atoms with Crippen LogP contribution in [0, 0.1) is 5.82 Å². The second-order valence-corrected chi connectivity index (χ2v) is 6.97. The van der Waals surface area contributed by atoms with Gasteiger partial charge in [0.05, 0.1) is 0 Å². The van der Waals surface area contributed by atoms with Gasteiger partial charge in [-0.1, -0.05) is 0 Å². The topological polar surface area (TPSA) is 74.7 Å². The van der Waals surface area contributed by atoms with Gasteiger partial charge in [-0.2, -0.15) is 4.31 Å². The first-order valence-electron chi connectivity index (χ1n) is 4.57. The van der Waals surface area contributed by atoms with Crippen LogP contribution in [0.25, 0.3) is 0 Å². The summed E-state index contributed by atoms with van der Waals surface area (Å²) in [5.74, 6) is -2.18. The Balaban J connectivity index is 3.26. The minimum Gasteiger partial charge on any atom is -0.480 e. The van der Waals surface area contributed by atoms with Crippen LogP contribution >= 0.6 is 11.3 Å². The summed E-state index contributed by atoms with van der Waals surface area (Å²) >= 11 is 0.715. The summed E-state index contributed by atoms with van der Waals surface area (Å²) in [6.45, 7) is 2.47. The van der Waals surface area contributed by atoms with Crippen molar-refractivity contribution < 1.29 is 22.7 Å². The molecule has 0 aliphatic carbocycles. The molecule has 1 aromatic rings. The summed E-state index contributed by atoms with van der Waals surface area (Å²) in [4.78, 5) is 11.0. The third kappa shape index (κ3) is 2.33. The van der Waals surface area contributed by atoms with E-state index in [0.29, 0.717) is 15.6 Å². The van der Waals surface area contributed by atoms with E-state index in [-0.39, 0.29) is 0 Å². The van der Waals surface area contributed by atoms with Gasteiger partial charge in [-0.05, 0) is 25.3 Å². The maximum atomic E-state index is 13.3. The SMILES string of the molecule is CN(C(C)(C)C(=O)O)S(=O)(=O)c1sccc1F. The van der Waals surface area contributed by atoms with Crippen molar-refractivity contribution in [3.63, 3.8) is 0 Å². The summed E-state index contributed by atoms with van der Waals surface area (Å²) in [7, 11) is -3.02. The summed E-state index contributed by atoms with van der Waals surface area (Å²) < 4.78 is 37.4. The summed E-state index contributed by atoms with van der Waals surface area (Å²) in [5.41, 5.74) is -1.64. The summed E-state index contributed by atoms with van der Waals surface area (Å²) in [6.07, 6.45) is 0. The Morgan fingerprint density at radius 1 is 1.53 bits per heavy atom. The Hall–Kier alpha value is -0.990. The number of carbonyl (C=O) groups is 1. The number of likely N-dealkylation sites (N-methyl/N-ethyl adjacent to an activating group) is 1. The number of hydrogen-bond donors (Lipinski definition) is 1. The standard InChI is InChI=1S/C9H12FNO4S2/c1-9(2,8(12)13)11(3)17(14,15)7-6(10)4-5-16-7/h4-5H,1-3H3,(H,12,13). The molecule has 96 valence electrons. The lowest BCUT2D eigenvalue weighted by atomic mass is 10.1. The van der Waals surface area contributed by atoms with Gasteiger partial charge in [0.1, 0.15) is 5.54 Å². The first-order valence-corrected chi connectivity index (χ1v) is 6.89. The lowest BCUT2D eigenvalue weighted by Crippen LogP contribution is -2.50. The van der Waals surface area contributed by atoms with Crippen LogP contribution in [-0.2, 0) is 14.8 Å². The molecular formula is C9H12FNO4S2. The van der Waals surface area contributed by atoms with Crippen molar-refractivity contribution in [2.24, 2.45) is 0 Å². The molecule has 0 aliphatic rings. The highest BCUT2D eigenvalue weighted by Crippen LogP contribution is 2.28. The van der Waals surface area contributed by atoms with Crippen LogP contribution in [0.1, 0.15) is 13.8 Å². The predicted molar refractivity (Wildman–Crippen MR) is 60.9 cm³/mol. The van der Waals surface area contributed by atoms with E-state index in [1.165, 1.54) is 19.2 Å². The molecule has 1 N–H and O–H groups in total. The molecule has 0 amide bonds. The molecule has 0 fully saturated rings. The smallest absolute Gasteiger partial charge is 0.324 e. The molecule has 1 heterocycles. The molecule has 1 rings (SSSR count). The molecule has 0 radical (unpaired) electrons. The van der Waals surface area contributed by atoms with Crippen LogP contribution in [0.3, 0.4) is 0 Å². The number of thiophene rings is 1. The van der Waals surface area contributed by atoms with Crippen LogP contribution in [0.2, 0.25) is 0 Å². The van der Waals surface area contributed by atoms with E-state index in [9.17, 15) is 17.6 Å². The van der Waals surface area contributed by atoms with Crippen LogP contribution in [-0.4, -0.2) is 36.4 Å². The molecular weight excluding hydrogens is 269 g/mol. The van der Waals surface area contributed by atoms with Gasteiger partial charge in [-0.15, -0.1) is 11.3 Å². The third-order valence-corrected chi connectivity index (χ3v) is 5.93. The fourth-order valence-electron chi connectivity index (χ4n) is 1.02. The third-order valence-electron chi connectivity index (χ3n) is 2.49. The maximum absolute atomic E-state index is 13.3. The molecule has 0 bridgehead atoms. The normalized spacial score (nSPS) is 13.0. The number of aliphatic carboxylic acids is 1. The van der Waals surface area contributed by atoms with Crippen molar-refractivity contribution in [3.8, 4) is 0 Å². The number of sulfonamides is 1. The quantitative estimate of drug-likeness (QED) is 0.904. The highest BCUT2D eigenvalue weighted by Gasteiger charge is 2.41. The Labute approximate surface area is 103 Å². The Morgan fingerprint density at radius 3 is 2.41 bits per heavy atom. The fraction of sp³-hybridized carbons (Fsp3) is 0.444. The second-order valence-electron chi connectivity index (χ2n) is 3.89. The molecule has 5 nitrogen and oxygen atoms in total. The highest BCUT2D eigenvalue weighted by molar-refractivity contribution is 7.91. The van der Waals surface area contributed by atoms with Gasteiger partial charge < -0.3 is 5.11 Å². The zero-order valence-electron chi connectivity index (χ0n) is 9.47. The van der Waals surface area contributed by atoms with E-state index in [1.54, 1.807) is 0 Å². The first kappa shape index (κ1) is 14.1. The zero-order valence-corrected chi connectivity index (χ0v) is 11.1. The van der Waals surface area contributed by atoms with E-state index in [4.69, 9.17) is 5.11 Å². The van der Waals surface area contributed by atoms with Crippen molar-refractivity contribution >= 4 is 27.3 Å². The minimum absolute atomic E-state index is 0.477. The van der Waals surface area contributed by atoms with Crippen molar-refractivity contribution in [1.29, 1.82) is 0 Å². The van der Waals surface area contributed by atoms with Crippen LogP contribution in [0.5, 0.6) is 0 Å². The number of nitrogens with zero attached hydrogens (tertiary/aromatic N) is 1. The van der Waals surface area contributed by atoms with Gasteiger partial charge in [-0.25, -0.2) is 12.8 Å². The van der Waals surface area contributed by atoms with Gasteiger partial charge in [0.25, 0.3) is 10.0 Å². The zero-order chi connectivity index (χ0) is 13.4. The molecule has 0 aromatic carbocycles. The lowest BCUT2D eigenvalue weighted by Gasteiger charge is -2.29. The molecule has 0 saturated carbocycles. The Kier molecular flexibility index (Phi) is 3.60. The molecule has 0 saturated heterocycles. The van der Waals surface area contributed by atoms with Gasteiger partial charge in [0.2, 0.25) is 0 Å². The second kappa shape index (κ2) is 4.35. The number of rotatable bonds is 4. The lowest BCUT2D eigenvalue weighted by molar-refractivity contribution is -0.145. The number of carboxylic acid groups (broad SMARTS) is 1. The molecule has 0 spiro atoms. The van der Waals surface area contributed by atoms with Crippen molar-refractivity contribution in [1.82, 2.24) is 4.31 Å². The number of carboxylic acids is 1. The van der Waals surface area contributed by atoms with Crippen molar-refractivity contribution in [2.45, 2.75) is 23.6 Å². The number of hydrogen-bond acceptors (Lipinski definition) is 4. The van der Waals surface area contributed by atoms with E-state index in [0.717, 1.165) is 13.1 Å². The Morgan fingerprint density at radius 2 is 2.06 bits per heavy atom. The van der Waals surface area contributed by atoms with Gasteiger partial charge in [0, 0.05) is 7.05 Å². The summed E-state index contributed by atoms with van der Waals surface area (Å²) in [6, 6.07) is 1.03. The average Bonchev–Trinajstić information content (AvgIpc) is 2.63. The van der Waals surface area contributed by atoms with Crippen molar-refractivity contribution in [2.75, 3.05) is 7.05 Å². The first-order chi connectivity index (χ1) is 7.61. The highest BCUT2D eigenvalue weighted by atomic mass is 32.2. The fourth-order valence-corrected chi connectivity index (χ4v) is 3.75. The monoisotopic (exact) mass is 281 g/mol. The van der Waals surface area contributed by atoms with E-state index in [1.807, 2.05) is 0 Å². The largest absolute Gasteiger partial charge is 0.480 e. The molecule has 1 aromatic heterocycles.